The molecule has 1 rings (SSSR count). The van der Waals surface area contributed by atoms with Crippen LogP contribution in [0.2, 0.25) is 0 Å². The second kappa shape index (κ2) is 6.92. The van der Waals surface area contributed by atoms with E-state index in [1.54, 1.807) is 25.3 Å². The standard InChI is InChI=1S/C13H15NO3S/c1-9(5-13(15)16)18-8-11-6-10(7-14)3-4-12(11)17-2/h3-4,6,9H,5,8H2,1-2H3,(H,15,16). The number of aliphatic carboxylic acids is 1. The molecule has 96 valence electrons. The third-order valence-electron chi connectivity index (χ3n) is 2.39. The maximum absolute atomic E-state index is 10.6. The molecule has 0 radical (unpaired) electrons. The lowest BCUT2D eigenvalue weighted by Gasteiger charge is -2.11. The van der Waals surface area contributed by atoms with Crippen LogP contribution in [0.4, 0.5) is 0 Å². The highest BCUT2D eigenvalue weighted by Gasteiger charge is 2.10. The van der Waals surface area contributed by atoms with E-state index in [1.807, 2.05) is 6.92 Å². The van der Waals surface area contributed by atoms with Crippen LogP contribution in [0.15, 0.2) is 18.2 Å². The summed E-state index contributed by atoms with van der Waals surface area (Å²) in [5.41, 5.74) is 1.50. The molecule has 18 heavy (non-hydrogen) atoms. The summed E-state index contributed by atoms with van der Waals surface area (Å²) in [7, 11) is 1.58. The van der Waals surface area contributed by atoms with E-state index in [0.29, 0.717) is 11.3 Å². The van der Waals surface area contributed by atoms with Crippen LogP contribution in [0.5, 0.6) is 5.75 Å². The molecule has 0 heterocycles. The highest BCUT2D eigenvalue weighted by Crippen LogP contribution is 2.27. The number of carboxylic acids is 1. The van der Waals surface area contributed by atoms with Crippen LogP contribution in [-0.2, 0) is 10.5 Å². The first kappa shape index (κ1) is 14.4. The zero-order valence-electron chi connectivity index (χ0n) is 10.3. The van der Waals surface area contributed by atoms with Gasteiger partial charge < -0.3 is 9.84 Å². The molecule has 0 spiro atoms. The summed E-state index contributed by atoms with van der Waals surface area (Å²) in [5, 5.41) is 17.6. The minimum absolute atomic E-state index is 0.0259. The Bertz CT molecular complexity index is 468. The average molecular weight is 265 g/mol. The number of hydrogen-bond donors (Lipinski definition) is 1. The summed E-state index contributed by atoms with van der Waals surface area (Å²) in [6.45, 7) is 1.87. The predicted molar refractivity (Wildman–Crippen MR) is 70.7 cm³/mol. The minimum atomic E-state index is -0.798. The monoisotopic (exact) mass is 265 g/mol. The van der Waals surface area contributed by atoms with Gasteiger partial charge in [-0.3, -0.25) is 4.79 Å². The van der Waals surface area contributed by atoms with Crippen LogP contribution in [0.3, 0.4) is 0 Å². The Morgan fingerprint density at radius 2 is 2.33 bits per heavy atom. The van der Waals surface area contributed by atoms with Gasteiger partial charge in [0.05, 0.1) is 25.2 Å². The van der Waals surface area contributed by atoms with Crippen molar-refractivity contribution in [3.05, 3.63) is 29.3 Å². The Morgan fingerprint density at radius 3 is 2.89 bits per heavy atom. The lowest BCUT2D eigenvalue weighted by atomic mass is 10.1. The van der Waals surface area contributed by atoms with E-state index >= 15 is 0 Å². The van der Waals surface area contributed by atoms with Crippen molar-refractivity contribution < 1.29 is 14.6 Å². The molecule has 0 saturated carbocycles. The molecule has 0 aliphatic carbocycles. The first-order valence-corrected chi connectivity index (χ1v) is 6.52. The number of nitrogens with zero attached hydrogens (tertiary/aromatic N) is 1. The van der Waals surface area contributed by atoms with Crippen LogP contribution < -0.4 is 4.74 Å². The third kappa shape index (κ3) is 4.30. The van der Waals surface area contributed by atoms with Crippen LogP contribution in [0, 0.1) is 11.3 Å². The molecule has 1 unspecified atom stereocenters. The van der Waals surface area contributed by atoms with Crippen molar-refractivity contribution in [2.75, 3.05) is 7.11 Å². The van der Waals surface area contributed by atoms with Gasteiger partial charge in [-0.25, -0.2) is 0 Å². The van der Waals surface area contributed by atoms with Crippen molar-refractivity contribution in [2.24, 2.45) is 0 Å². The van der Waals surface area contributed by atoms with Gasteiger partial charge in [0.25, 0.3) is 0 Å². The van der Waals surface area contributed by atoms with Gasteiger partial charge in [0.1, 0.15) is 5.75 Å². The molecule has 0 bridgehead atoms. The number of carbonyl (C=O) groups is 1. The van der Waals surface area contributed by atoms with Crippen molar-refractivity contribution in [2.45, 2.75) is 24.3 Å². The summed E-state index contributed by atoms with van der Waals surface area (Å²) >= 11 is 1.54. The number of rotatable bonds is 6. The Morgan fingerprint density at radius 1 is 1.61 bits per heavy atom. The Hall–Kier alpha value is -1.67. The van der Waals surface area contributed by atoms with E-state index in [0.717, 1.165) is 11.3 Å². The lowest BCUT2D eigenvalue weighted by molar-refractivity contribution is -0.136. The summed E-state index contributed by atoms with van der Waals surface area (Å²) in [5.74, 6) is 0.560. The molecule has 4 nitrogen and oxygen atoms in total. The van der Waals surface area contributed by atoms with E-state index in [2.05, 4.69) is 6.07 Å². The first-order valence-electron chi connectivity index (χ1n) is 5.47. The van der Waals surface area contributed by atoms with Crippen molar-refractivity contribution in [1.82, 2.24) is 0 Å². The number of ether oxygens (including phenoxy) is 1. The summed E-state index contributed by atoms with van der Waals surface area (Å²) < 4.78 is 5.22. The Labute approximate surface area is 111 Å². The number of carboxylic acid groups (broad SMARTS) is 1. The molecule has 1 N–H and O–H groups in total. The summed E-state index contributed by atoms with van der Waals surface area (Å²) in [6.07, 6.45) is 0.130. The van der Waals surface area contributed by atoms with E-state index in [4.69, 9.17) is 15.1 Å². The van der Waals surface area contributed by atoms with Crippen LogP contribution in [0.1, 0.15) is 24.5 Å². The lowest BCUT2D eigenvalue weighted by Crippen LogP contribution is -2.06. The maximum atomic E-state index is 10.6. The van der Waals surface area contributed by atoms with E-state index in [-0.39, 0.29) is 11.7 Å². The zero-order valence-corrected chi connectivity index (χ0v) is 11.2. The molecule has 0 aliphatic heterocycles. The molecular weight excluding hydrogens is 250 g/mol. The quantitative estimate of drug-likeness (QED) is 0.856. The number of methoxy groups -OCH3 is 1. The van der Waals surface area contributed by atoms with Crippen LogP contribution >= 0.6 is 11.8 Å². The highest BCUT2D eigenvalue weighted by atomic mass is 32.2. The van der Waals surface area contributed by atoms with Crippen molar-refractivity contribution in [3.63, 3.8) is 0 Å². The van der Waals surface area contributed by atoms with Gasteiger partial charge in [0.2, 0.25) is 0 Å². The number of nitriles is 1. The molecule has 1 aromatic carbocycles. The average Bonchev–Trinajstić information content (AvgIpc) is 2.35. The van der Waals surface area contributed by atoms with Gasteiger partial charge in [-0.15, -0.1) is 0 Å². The smallest absolute Gasteiger partial charge is 0.304 e. The largest absolute Gasteiger partial charge is 0.496 e. The molecule has 5 heteroatoms. The Kier molecular flexibility index (Phi) is 5.53. The van der Waals surface area contributed by atoms with Crippen LogP contribution in [0.25, 0.3) is 0 Å². The molecule has 1 atom stereocenters. The first-order chi connectivity index (χ1) is 8.56. The second-order valence-electron chi connectivity index (χ2n) is 3.86. The van der Waals surface area contributed by atoms with E-state index in [1.165, 1.54) is 11.8 Å². The van der Waals surface area contributed by atoms with Gasteiger partial charge in [0, 0.05) is 16.6 Å². The fourth-order valence-corrected chi connectivity index (χ4v) is 2.45. The maximum Gasteiger partial charge on any atom is 0.304 e. The summed E-state index contributed by atoms with van der Waals surface area (Å²) in [6, 6.07) is 7.32. The molecule has 0 aliphatic rings. The third-order valence-corrected chi connectivity index (χ3v) is 3.61. The van der Waals surface area contributed by atoms with Gasteiger partial charge in [-0.05, 0) is 18.2 Å². The van der Waals surface area contributed by atoms with E-state index < -0.39 is 5.97 Å². The van der Waals surface area contributed by atoms with Gasteiger partial charge in [-0.1, -0.05) is 6.92 Å². The summed E-state index contributed by atoms with van der Waals surface area (Å²) in [4.78, 5) is 10.6. The molecular formula is C13H15NO3S. The van der Waals surface area contributed by atoms with Crippen molar-refractivity contribution in [1.29, 1.82) is 5.26 Å². The van der Waals surface area contributed by atoms with Gasteiger partial charge in [0.15, 0.2) is 0 Å². The van der Waals surface area contributed by atoms with Crippen LogP contribution in [-0.4, -0.2) is 23.4 Å². The number of benzene rings is 1. The molecule has 0 saturated heterocycles. The fourth-order valence-electron chi connectivity index (χ4n) is 1.50. The predicted octanol–water partition coefficient (Wildman–Crippen LogP) is 2.66. The molecule has 1 aromatic rings. The second-order valence-corrected chi connectivity index (χ2v) is 5.28. The van der Waals surface area contributed by atoms with Crippen molar-refractivity contribution in [3.8, 4) is 11.8 Å². The molecule has 0 fully saturated rings. The van der Waals surface area contributed by atoms with E-state index in [9.17, 15) is 4.79 Å². The topological polar surface area (TPSA) is 70.3 Å². The fraction of sp³-hybridized carbons (Fsp3) is 0.385. The highest BCUT2D eigenvalue weighted by molar-refractivity contribution is 7.99. The van der Waals surface area contributed by atoms with Gasteiger partial charge in [-0.2, -0.15) is 17.0 Å². The molecule has 0 amide bonds. The van der Waals surface area contributed by atoms with Gasteiger partial charge >= 0.3 is 5.97 Å². The zero-order chi connectivity index (χ0) is 13.5. The minimum Gasteiger partial charge on any atom is -0.496 e. The van der Waals surface area contributed by atoms with Crippen molar-refractivity contribution >= 4 is 17.7 Å². The Balaban J connectivity index is 2.71. The normalized spacial score (nSPS) is 11.6. The number of hydrogen-bond acceptors (Lipinski definition) is 4. The SMILES string of the molecule is COc1ccc(C#N)cc1CSC(C)CC(=O)O. The molecule has 0 aromatic heterocycles. The number of thioether (sulfide) groups is 1.